The molecule has 2 unspecified atom stereocenters. The van der Waals surface area contributed by atoms with E-state index in [1.165, 1.54) is 44.8 Å². The smallest absolute Gasteiger partial charge is 0.0277 e. The first-order valence-corrected chi connectivity index (χ1v) is 7.95. The minimum Gasteiger partial charge on any atom is -0.310 e. The molecule has 0 aromatic heterocycles. The van der Waals surface area contributed by atoms with Gasteiger partial charge < -0.3 is 10.2 Å². The quantitative estimate of drug-likeness (QED) is 0.800. The van der Waals surface area contributed by atoms with E-state index in [-0.39, 0.29) is 0 Å². The Morgan fingerprint density at radius 3 is 2.88 bits per heavy atom. The van der Waals surface area contributed by atoms with E-state index >= 15 is 0 Å². The van der Waals surface area contributed by atoms with Crippen LogP contribution in [0.15, 0.2) is 0 Å². The topological polar surface area (TPSA) is 15.3 Å². The second-order valence-electron chi connectivity index (χ2n) is 5.49. The number of hydrogen-bond acceptors (Lipinski definition) is 3. The standard InChI is InChI=1S/C13H28N2S/c1-5-13(3)11-15(8-6-7-14-13)9-12(2)10-16-4/h12,14H,5-11H2,1-4H3. The van der Waals surface area contributed by atoms with Crippen molar-refractivity contribution in [3.05, 3.63) is 0 Å². The van der Waals surface area contributed by atoms with Gasteiger partial charge in [-0.15, -0.1) is 0 Å². The molecular weight excluding hydrogens is 216 g/mol. The summed E-state index contributed by atoms with van der Waals surface area (Å²) in [5, 5.41) is 3.70. The molecule has 2 atom stereocenters. The molecule has 0 aromatic carbocycles. The molecule has 1 fully saturated rings. The van der Waals surface area contributed by atoms with E-state index in [1.807, 2.05) is 11.8 Å². The van der Waals surface area contributed by atoms with E-state index in [1.54, 1.807) is 0 Å². The van der Waals surface area contributed by atoms with Gasteiger partial charge in [0.05, 0.1) is 0 Å². The van der Waals surface area contributed by atoms with Gasteiger partial charge >= 0.3 is 0 Å². The zero-order chi connectivity index (χ0) is 12.0. The lowest BCUT2D eigenvalue weighted by molar-refractivity contribution is 0.198. The summed E-state index contributed by atoms with van der Waals surface area (Å²) < 4.78 is 0. The highest BCUT2D eigenvalue weighted by atomic mass is 32.2. The lowest BCUT2D eigenvalue weighted by Crippen LogP contribution is -2.49. The van der Waals surface area contributed by atoms with Crippen LogP contribution in [-0.2, 0) is 0 Å². The SMILES string of the molecule is CCC1(C)CN(CC(C)CSC)CCCN1. The first kappa shape index (κ1) is 14.3. The highest BCUT2D eigenvalue weighted by molar-refractivity contribution is 7.98. The van der Waals surface area contributed by atoms with E-state index in [4.69, 9.17) is 0 Å². The molecule has 0 amide bonds. The molecule has 0 aromatic rings. The molecule has 1 rings (SSSR count). The molecule has 3 heteroatoms. The Bertz CT molecular complexity index is 198. The molecule has 0 bridgehead atoms. The van der Waals surface area contributed by atoms with Crippen LogP contribution in [0.1, 0.15) is 33.6 Å². The number of nitrogens with one attached hydrogen (secondary N) is 1. The Balaban J connectivity index is 2.45. The van der Waals surface area contributed by atoms with Gasteiger partial charge in [0.25, 0.3) is 0 Å². The summed E-state index contributed by atoms with van der Waals surface area (Å²) in [6.07, 6.45) is 4.72. The maximum absolute atomic E-state index is 3.70. The molecule has 1 aliphatic rings. The molecule has 1 saturated heterocycles. The largest absolute Gasteiger partial charge is 0.310 e. The average molecular weight is 244 g/mol. The molecule has 0 spiro atoms. The van der Waals surface area contributed by atoms with Crippen LogP contribution in [0.3, 0.4) is 0 Å². The van der Waals surface area contributed by atoms with Crippen molar-refractivity contribution in [2.24, 2.45) is 5.92 Å². The fourth-order valence-electron chi connectivity index (χ4n) is 2.49. The van der Waals surface area contributed by atoms with Crippen molar-refractivity contribution < 1.29 is 0 Å². The van der Waals surface area contributed by atoms with Gasteiger partial charge in [-0.3, -0.25) is 0 Å². The molecule has 16 heavy (non-hydrogen) atoms. The van der Waals surface area contributed by atoms with Gasteiger partial charge in [0, 0.05) is 18.6 Å². The number of thioether (sulfide) groups is 1. The zero-order valence-corrected chi connectivity index (χ0v) is 12.2. The normalized spacial score (nSPS) is 30.0. The molecule has 1 N–H and O–H groups in total. The number of nitrogens with zero attached hydrogens (tertiary/aromatic N) is 1. The van der Waals surface area contributed by atoms with Crippen LogP contribution in [0.5, 0.6) is 0 Å². The molecule has 1 aliphatic heterocycles. The van der Waals surface area contributed by atoms with Crippen LogP contribution >= 0.6 is 11.8 Å². The molecular formula is C13H28N2S. The van der Waals surface area contributed by atoms with Crippen LogP contribution < -0.4 is 5.32 Å². The van der Waals surface area contributed by atoms with Crippen molar-refractivity contribution in [2.75, 3.05) is 38.2 Å². The van der Waals surface area contributed by atoms with Crippen LogP contribution in [0, 0.1) is 5.92 Å². The van der Waals surface area contributed by atoms with Gasteiger partial charge in [-0.05, 0) is 50.8 Å². The lowest BCUT2D eigenvalue weighted by Gasteiger charge is -2.33. The molecule has 0 radical (unpaired) electrons. The zero-order valence-electron chi connectivity index (χ0n) is 11.4. The van der Waals surface area contributed by atoms with Crippen molar-refractivity contribution in [1.29, 1.82) is 0 Å². The molecule has 2 nitrogen and oxygen atoms in total. The Labute approximate surface area is 106 Å². The van der Waals surface area contributed by atoms with E-state index in [9.17, 15) is 0 Å². The Morgan fingerprint density at radius 2 is 2.25 bits per heavy atom. The summed E-state index contributed by atoms with van der Waals surface area (Å²) in [4.78, 5) is 2.66. The maximum Gasteiger partial charge on any atom is 0.0277 e. The van der Waals surface area contributed by atoms with Gasteiger partial charge in [-0.25, -0.2) is 0 Å². The summed E-state index contributed by atoms with van der Waals surface area (Å²) in [7, 11) is 0. The van der Waals surface area contributed by atoms with Gasteiger partial charge in [0.1, 0.15) is 0 Å². The molecule has 1 heterocycles. The van der Waals surface area contributed by atoms with Crippen LogP contribution in [0.25, 0.3) is 0 Å². The summed E-state index contributed by atoms with van der Waals surface area (Å²) in [5.41, 5.74) is 0.329. The van der Waals surface area contributed by atoms with Gasteiger partial charge in [0.2, 0.25) is 0 Å². The monoisotopic (exact) mass is 244 g/mol. The third-order valence-electron chi connectivity index (χ3n) is 3.58. The fourth-order valence-corrected chi connectivity index (χ4v) is 3.17. The fraction of sp³-hybridized carbons (Fsp3) is 1.00. The minimum absolute atomic E-state index is 0.329. The highest BCUT2D eigenvalue weighted by Crippen LogP contribution is 2.17. The second kappa shape index (κ2) is 6.87. The van der Waals surface area contributed by atoms with Gasteiger partial charge in [-0.2, -0.15) is 11.8 Å². The summed E-state index contributed by atoms with van der Waals surface area (Å²) >= 11 is 1.97. The predicted octanol–water partition coefficient (Wildman–Crippen LogP) is 2.45. The Hall–Kier alpha value is 0.270. The van der Waals surface area contributed by atoms with E-state index < -0.39 is 0 Å². The number of rotatable bonds is 5. The maximum atomic E-state index is 3.70. The van der Waals surface area contributed by atoms with E-state index in [0.29, 0.717) is 5.54 Å². The first-order valence-electron chi connectivity index (χ1n) is 6.56. The minimum atomic E-state index is 0.329. The van der Waals surface area contributed by atoms with Crippen LogP contribution in [0.4, 0.5) is 0 Å². The third kappa shape index (κ3) is 4.64. The van der Waals surface area contributed by atoms with Gasteiger partial charge in [-0.1, -0.05) is 13.8 Å². The first-order chi connectivity index (χ1) is 7.59. The Kier molecular flexibility index (Phi) is 6.16. The highest BCUT2D eigenvalue weighted by Gasteiger charge is 2.27. The van der Waals surface area contributed by atoms with Crippen LogP contribution in [-0.4, -0.2) is 48.6 Å². The summed E-state index contributed by atoms with van der Waals surface area (Å²) in [6, 6.07) is 0. The van der Waals surface area contributed by atoms with E-state index in [2.05, 4.69) is 37.2 Å². The van der Waals surface area contributed by atoms with Crippen molar-refractivity contribution in [3.8, 4) is 0 Å². The van der Waals surface area contributed by atoms with Crippen molar-refractivity contribution in [3.63, 3.8) is 0 Å². The van der Waals surface area contributed by atoms with E-state index in [0.717, 1.165) is 5.92 Å². The third-order valence-corrected chi connectivity index (χ3v) is 4.48. The number of hydrogen-bond donors (Lipinski definition) is 1. The van der Waals surface area contributed by atoms with Crippen molar-refractivity contribution in [2.45, 2.75) is 39.2 Å². The second-order valence-corrected chi connectivity index (χ2v) is 6.40. The molecule has 0 aliphatic carbocycles. The predicted molar refractivity (Wildman–Crippen MR) is 75.3 cm³/mol. The van der Waals surface area contributed by atoms with Crippen molar-refractivity contribution in [1.82, 2.24) is 10.2 Å². The average Bonchev–Trinajstić information content (AvgIpc) is 2.41. The summed E-state index contributed by atoms with van der Waals surface area (Å²) in [6.45, 7) is 11.9. The van der Waals surface area contributed by atoms with Gasteiger partial charge in [0.15, 0.2) is 0 Å². The van der Waals surface area contributed by atoms with Crippen molar-refractivity contribution >= 4 is 11.8 Å². The van der Waals surface area contributed by atoms with Crippen LogP contribution in [0.2, 0.25) is 0 Å². The Morgan fingerprint density at radius 1 is 1.50 bits per heavy atom. The molecule has 96 valence electrons. The summed E-state index contributed by atoms with van der Waals surface area (Å²) in [5.74, 6) is 2.10. The molecule has 0 saturated carbocycles. The lowest BCUT2D eigenvalue weighted by atomic mass is 9.98.